The van der Waals surface area contributed by atoms with Gasteiger partial charge in [-0.15, -0.1) is 0 Å². The molecule has 32 valence electrons. The zero-order valence-electron chi connectivity index (χ0n) is 3.39. The van der Waals surface area contributed by atoms with E-state index in [9.17, 15) is 0 Å². The van der Waals surface area contributed by atoms with Crippen LogP contribution in [0.2, 0.25) is 0 Å². The van der Waals surface area contributed by atoms with E-state index in [-0.39, 0.29) is 0 Å². The first-order chi connectivity index (χ1) is 2.97. The molecule has 1 fully saturated rings. The summed E-state index contributed by atoms with van der Waals surface area (Å²) in [5.74, 6) is 0. The van der Waals surface area contributed by atoms with Crippen LogP contribution in [0.5, 0.6) is 0 Å². The molecule has 2 rings (SSSR count). The van der Waals surface area contributed by atoms with E-state index in [1.807, 2.05) is 0 Å². The largest absolute Gasteiger partial charge is 0.337 e. The van der Waals surface area contributed by atoms with Gasteiger partial charge >= 0.3 is 12.3 Å². The second-order valence-electron chi connectivity index (χ2n) is 1.75. The molecule has 0 bridgehead atoms. The van der Waals surface area contributed by atoms with Crippen molar-refractivity contribution < 1.29 is 4.08 Å². The molecule has 0 aromatic rings. The SMILES string of the molecule is C1=CC2[F+]C2C1. The van der Waals surface area contributed by atoms with Gasteiger partial charge < -0.3 is 0 Å². The summed E-state index contributed by atoms with van der Waals surface area (Å²) in [5, 5.41) is 0. The van der Waals surface area contributed by atoms with Crippen LogP contribution in [-0.4, -0.2) is 12.3 Å². The van der Waals surface area contributed by atoms with Crippen molar-refractivity contribution in [1.29, 1.82) is 0 Å². The maximum Gasteiger partial charge on any atom is 0.337 e. The third kappa shape index (κ3) is 0.192. The van der Waals surface area contributed by atoms with E-state index in [1.165, 1.54) is 0 Å². The Labute approximate surface area is 36.1 Å². The van der Waals surface area contributed by atoms with Crippen molar-refractivity contribution in [3.05, 3.63) is 12.2 Å². The van der Waals surface area contributed by atoms with Crippen LogP contribution in [0.4, 0.5) is 0 Å². The molecule has 0 N–H and O–H groups in total. The molecule has 0 aromatic heterocycles. The molecule has 2 unspecified atom stereocenters. The highest BCUT2D eigenvalue weighted by molar-refractivity contribution is 5.07. The van der Waals surface area contributed by atoms with Crippen molar-refractivity contribution in [2.75, 3.05) is 0 Å². The molecule has 1 aliphatic heterocycles. The minimum absolute atomic E-state index is 0.407. The predicted molar refractivity (Wildman–Crippen MR) is 21.3 cm³/mol. The Morgan fingerprint density at radius 3 is 2.83 bits per heavy atom. The van der Waals surface area contributed by atoms with Crippen molar-refractivity contribution in [2.24, 2.45) is 0 Å². The summed E-state index contributed by atoms with van der Waals surface area (Å²) in [4.78, 5) is 0. The van der Waals surface area contributed by atoms with Crippen LogP contribution in [0, 0.1) is 4.08 Å². The Hall–Kier alpha value is -0.330. The maximum atomic E-state index is 5.96. The number of halogens is 1. The van der Waals surface area contributed by atoms with E-state index in [1.54, 1.807) is 0 Å². The molecule has 1 heterocycles. The summed E-state index contributed by atoms with van der Waals surface area (Å²) >= 11 is 0. The zero-order valence-corrected chi connectivity index (χ0v) is 3.39. The summed E-state index contributed by atoms with van der Waals surface area (Å²) in [6.45, 7) is 0. The number of allylic oxidation sites excluding steroid dienone is 2. The van der Waals surface area contributed by atoms with Gasteiger partial charge in [-0.25, -0.2) is 0 Å². The van der Waals surface area contributed by atoms with Crippen molar-refractivity contribution in [3.63, 3.8) is 0 Å². The van der Waals surface area contributed by atoms with Gasteiger partial charge in [0.25, 0.3) is 0 Å². The maximum absolute atomic E-state index is 5.96. The number of fused-ring (bicyclic) bond motifs is 1. The highest BCUT2D eigenvalue weighted by Crippen LogP contribution is 2.33. The first-order valence-electron chi connectivity index (χ1n) is 2.25. The van der Waals surface area contributed by atoms with E-state index < -0.39 is 0 Å². The van der Waals surface area contributed by atoms with Crippen LogP contribution in [0.1, 0.15) is 6.42 Å². The van der Waals surface area contributed by atoms with Crippen LogP contribution < -0.4 is 0 Å². The van der Waals surface area contributed by atoms with Crippen LogP contribution in [-0.2, 0) is 0 Å². The number of alkyl halides is 2. The molecule has 0 nitrogen and oxygen atoms in total. The van der Waals surface area contributed by atoms with Crippen LogP contribution in [0.15, 0.2) is 12.2 Å². The van der Waals surface area contributed by atoms with Gasteiger partial charge in [-0.2, -0.15) is 4.08 Å². The van der Waals surface area contributed by atoms with Crippen molar-refractivity contribution >= 4 is 0 Å². The minimum atomic E-state index is 0.407. The third-order valence-corrected chi connectivity index (χ3v) is 1.27. The molecule has 2 aliphatic rings. The van der Waals surface area contributed by atoms with Gasteiger partial charge in [0.05, 0.1) is 6.42 Å². The van der Waals surface area contributed by atoms with Gasteiger partial charge in [-0.05, 0) is 0 Å². The third-order valence-electron chi connectivity index (χ3n) is 1.27. The number of rotatable bonds is 0. The highest BCUT2D eigenvalue weighted by atomic mass is 19.3. The Balaban J connectivity index is 2.26. The van der Waals surface area contributed by atoms with Gasteiger partial charge in [0, 0.05) is 6.08 Å². The van der Waals surface area contributed by atoms with E-state index in [4.69, 9.17) is 4.08 Å². The van der Waals surface area contributed by atoms with Gasteiger partial charge in [0.1, 0.15) is 0 Å². The second kappa shape index (κ2) is 0.673. The molecule has 0 amide bonds. The molecule has 0 aromatic carbocycles. The first kappa shape index (κ1) is 2.78. The van der Waals surface area contributed by atoms with E-state index in [0.717, 1.165) is 6.42 Å². The fourth-order valence-corrected chi connectivity index (χ4v) is 0.827. The Kier molecular flexibility index (Phi) is 0.312. The Bertz CT molecular complexity index is 96.1. The lowest BCUT2D eigenvalue weighted by molar-refractivity contribution is -0.511. The highest BCUT2D eigenvalue weighted by Gasteiger charge is 2.57. The lowest BCUT2D eigenvalue weighted by Gasteiger charge is -1.60. The summed E-state index contributed by atoms with van der Waals surface area (Å²) in [6.07, 6.45) is 6.21. The Morgan fingerprint density at radius 2 is 2.67 bits per heavy atom. The minimum Gasteiger partial charge on any atom is -0.182 e. The van der Waals surface area contributed by atoms with E-state index in [2.05, 4.69) is 12.2 Å². The average molecular weight is 85.1 g/mol. The van der Waals surface area contributed by atoms with E-state index in [0.29, 0.717) is 12.3 Å². The molecular weight excluding hydrogens is 79.1 g/mol. The molecule has 0 saturated carbocycles. The molecular formula is C5H6F+. The molecule has 1 aliphatic carbocycles. The quantitative estimate of drug-likeness (QED) is 0.381. The van der Waals surface area contributed by atoms with Crippen molar-refractivity contribution in [3.8, 4) is 0 Å². The summed E-state index contributed by atoms with van der Waals surface area (Å²) in [7, 11) is 0. The molecule has 0 spiro atoms. The second-order valence-corrected chi connectivity index (χ2v) is 1.75. The fraction of sp³-hybridized carbons (Fsp3) is 0.600. The molecule has 2 atom stereocenters. The number of hydrogen-bond acceptors (Lipinski definition) is 0. The average Bonchev–Trinajstić information content (AvgIpc) is 2.17. The summed E-state index contributed by atoms with van der Waals surface area (Å²) in [6, 6.07) is 0. The lowest BCUT2D eigenvalue weighted by Crippen LogP contribution is -1.75. The van der Waals surface area contributed by atoms with Crippen molar-refractivity contribution in [2.45, 2.75) is 18.8 Å². The van der Waals surface area contributed by atoms with Gasteiger partial charge in [0.15, 0.2) is 0 Å². The fourth-order valence-electron chi connectivity index (χ4n) is 0.827. The zero-order chi connectivity index (χ0) is 3.98. The Morgan fingerprint density at radius 1 is 1.67 bits per heavy atom. The topological polar surface area (TPSA) is 0 Å². The normalized spacial score (nSPS) is 49.3. The molecule has 1 saturated heterocycles. The smallest absolute Gasteiger partial charge is 0.182 e. The van der Waals surface area contributed by atoms with Crippen LogP contribution in [0.25, 0.3) is 0 Å². The van der Waals surface area contributed by atoms with Crippen LogP contribution >= 0.6 is 0 Å². The lowest BCUT2D eigenvalue weighted by atomic mass is 10.4. The molecule has 6 heavy (non-hydrogen) atoms. The van der Waals surface area contributed by atoms with Crippen LogP contribution in [0.3, 0.4) is 0 Å². The van der Waals surface area contributed by atoms with Gasteiger partial charge in [-0.1, -0.05) is 6.08 Å². The molecule has 0 radical (unpaired) electrons. The van der Waals surface area contributed by atoms with E-state index >= 15 is 0 Å². The van der Waals surface area contributed by atoms with Gasteiger partial charge in [-0.3, -0.25) is 0 Å². The number of hydrogen-bond donors (Lipinski definition) is 0. The predicted octanol–water partition coefficient (Wildman–Crippen LogP) is 0.782. The van der Waals surface area contributed by atoms with Crippen molar-refractivity contribution in [1.82, 2.24) is 0 Å². The standard InChI is InChI=1S/C5H6F/c1-2-4-5(3-1)6-4/h1-2,4-5H,3H2/q+1. The summed E-state index contributed by atoms with van der Waals surface area (Å²) < 4.78 is 5.96. The molecule has 1 heteroatoms. The first-order valence-corrected chi connectivity index (χ1v) is 2.25. The summed E-state index contributed by atoms with van der Waals surface area (Å²) in [5.41, 5.74) is 0. The monoisotopic (exact) mass is 85.0 g/mol. The van der Waals surface area contributed by atoms with Gasteiger partial charge in [0.2, 0.25) is 0 Å².